The fraction of sp³-hybridized carbons (Fsp3) is 0.474. The molecule has 0 saturated carbocycles. The number of aromatic amines is 1. The van der Waals surface area contributed by atoms with Crippen molar-refractivity contribution in [2.45, 2.75) is 59.7 Å². The van der Waals surface area contributed by atoms with E-state index in [0.717, 1.165) is 17.9 Å². The second kappa shape index (κ2) is 10.8. The molecule has 0 unspecified atom stereocenters. The number of hydrogen-bond donors (Lipinski definition) is 1. The molecule has 1 radical (unpaired) electrons. The van der Waals surface area contributed by atoms with Gasteiger partial charge in [0.2, 0.25) is 0 Å². The second-order valence-corrected chi connectivity index (χ2v) is 17.8. The molecule has 3 nitrogen and oxygen atoms in total. The average Bonchev–Trinajstić information content (AvgIpc) is 2.87. The van der Waals surface area contributed by atoms with Crippen LogP contribution < -0.4 is 0 Å². The maximum Gasteiger partial charge on any atom is 0.000699 e. The maximum absolute atomic E-state index is 4.82. The van der Waals surface area contributed by atoms with E-state index in [1.807, 2.05) is 12.3 Å². The van der Waals surface area contributed by atoms with Crippen LogP contribution in [0.4, 0.5) is 5.69 Å². The van der Waals surface area contributed by atoms with Crippen molar-refractivity contribution in [2.75, 3.05) is 0 Å². The van der Waals surface area contributed by atoms with Gasteiger partial charge in [0.1, 0.15) is 0 Å². The first-order valence-corrected chi connectivity index (χ1v) is 15.5. The summed E-state index contributed by atoms with van der Waals surface area (Å²) in [5, 5.41) is 4.62. The molecule has 0 aliphatic heterocycles. The van der Waals surface area contributed by atoms with Crippen molar-refractivity contribution in [2.24, 2.45) is 0 Å². The molecule has 1 heterocycles. The van der Waals surface area contributed by atoms with Gasteiger partial charge in [-0.05, 0) is 31.7 Å². The van der Waals surface area contributed by atoms with Crippen LogP contribution in [0.1, 0.15) is 16.8 Å². The quantitative estimate of drug-likeness (QED) is 0.486. The van der Waals surface area contributed by atoms with E-state index in [0.29, 0.717) is 0 Å². The van der Waals surface area contributed by atoms with Gasteiger partial charge in [0.25, 0.3) is 0 Å². The van der Waals surface area contributed by atoms with Crippen molar-refractivity contribution >= 4 is 22.2 Å². The van der Waals surface area contributed by atoms with Crippen LogP contribution in [0.5, 0.6) is 0 Å². The van der Waals surface area contributed by atoms with Crippen LogP contribution in [0.25, 0.3) is 9.96 Å². The van der Waals surface area contributed by atoms with Crippen LogP contribution in [0.2, 0.25) is 39.3 Å². The number of nitrogens with zero attached hydrogens (tertiary/aromatic N) is 2. The standard InChI is InChI=1S/C13H15N2.C6H18NSi2.Y/c1-10-5-3-6-11(2)13(10)15-9-12-7-4-8-14-12;1-8(2,3)7-9(4,5)6;/h3-8,14H,9H2,1-2H3;1-6H3;/q2*-1;. The summed E-state index contributed by atoms with van der Waals surface area (Å²) in [6.45, 7) is 18.7. The minimum Gasteiger partial charge on any atom is -0.679 e. The van der Waals surface area contributed by atoms with E-state index in [9.17, 15) is 0 Å². The van der Waals surface area contributed by atoms with E-state index in [1.165, 1.54) is 11.1 Å². The molecule has 137 valence electrons. The van der Waals surface area contributed by atoms with E-state index < -0.39 is 16.5 Å². The second-order valence-electron chi connectivity index (χ2n) is 8.21. The zero-order chi connectivity index (χ0) is 18.4. The minimum absolute atomic E-state index is 0. The smallest absolute Gasteiger partial charge is 0.000699 e. The number of para-hydroxylation sites is 1. The van der Waals surface area contributed by atoms with E-state index in [-0.39, 0.29) is 32.7 Å². The first-order chi connectivity index (χ1) is 11.0. The Morgan fingerprint density at radius 3 is 1.72 bits per heavy atom. The van der Waals surface area contributed by atoms with Crippen LogP contribution in [0, 0.1) is 13.8 Å². The summed E-state index contributed by atoms with van der Waals surface area (Å²) >= 11 is 0. The van der Waals surface area contributed by atoms with Crippen LogP contribution >= 0.6 is 0 Å². The molecular formula is C19H33N3Si2Y-2. The molecule has 0 saturated heterocycles. The topological polar surface area (TPSA) is 44.0 Å². The molecule has 0 fully saturated rings. The molecule has 0 spiro atoms. The third-order valence-electron chi connectivity index (χ3n) is 3.18. The van der Waals surface area contributed by atoms with Crippen molar-refractivity contribution in [1.82, 2.24) is 4.98 Å². The van der Waals surface area contributed by atoms with Gasteiger partial charge in [-0.3, -0.25) is 0 Å². The summed E-state index contributed by atoms with van der Waals surface area (Å²) in [5.74, 6) is 0. The molecule has 0 atom stereocenters. The molecule has 1 N–H and O–H groups in total. The predicted octanol–water partition coefficient (Wildman–Crippen LogP) is 6.86. The molecule has 2 aromatic rings. The van der Waals surface area contributed by atoms with Crippen molar-refractivity contribution < 1.29 is 32.7 Å². The SMILES string of the molecule is C[Si](C)(C)[N-][Si](C)(C)C.Cc1cccc(C)c1[N-]Cc1ccc[nH]1.[Y]. The van der Waals surface area contributed by atoms with Gasteiger partial charge in [-0.25, -0.2) is 0 Å². The van der Waals surface area contributed by atoms with Gasteiger partial charge in [-0.2, -0.15) is 0 Å². The van der Waals surface area contributed by atoms with Crippen molar-refractivity contribution in [3.63, 3.8) is 0 Å². The van der Waals surface area contributed by atoms with Gasteiger partial charge >= 0.3 is 0 Å². The van der Waals surface area contributed by atoms with Crippen LogP contribution in [0.3, 0.4) is 0 Å². The fourth-order valence-corrected chi connectivity index (χ4v) is 10.7. The first-order valence-electron chi connectivity index (χ1n) is 8.58. The summed E-state index contributed by atoms with van der Waals surface area (Å²) in [7, 11) is -2.21. The number of aryl methyl sites for hydroxylation is 2. The molecule has 1 aromatic heterocycles. The molecule has 0 aliphatic rings. The number of nitrogens with one attached hydrogen (secondary N) is 1. The summed E-state index contributed by atoms with van der Waals surface area (Å²) in [6.07, 6.45) is 1.93. The van der Waals surface area contributed by atoms with Gasteiger partial charge in [-0.1, -0.05) is 91.6 Å². The monoisotopic (exact) mass is 448 g/mol. The molecule has 25 heavy (non-hydrogen) atoms. The largest absolute Gasteiger partial charge is 0.679 e. The van der Waals surface area contributed by atoms with Gasteiger partial charge < -0.3 is 14.9 Å². The summed E-state index contributed by atoms with van der Waals surface area (Å²) in [5.41, 5.74) is 4.74. The summed E-state index contributed by atoms with van der Waals surface area (Å²) < 4.78 is 4.82. The minimum atomic E-state index is -1.11. The Morgan fingerprint density at radius 1 is 0.840 bits per heavy atom. The van der Waals surface area contributed by atoms with Crippen molar-refractivity contribution in [1.29, 1.82) is 0 Å². The zero-order valence-corrected chi connectivity index (χ0v) is 22.0. The first kappa shape index (κ1) is 24.8. The Labute approximate surface area is 181 Å². The third-order valence-corrected chi connectivity index (χ3v) is 8.55. The van der Waals surface area contributed by atoms with Crippen LogP contribution in [0.15, 0.2) is 36.5 Å². The molecule has 0 amide bonds. The molecule has 0 bridgehead atoms. The Morgan fingerprint density at radius 2 is 1.36 bits per heavy atom. The van der Waals surface area contributed by atoms with Crippen LogP contribution in [-0.2, 0) is 39.3 Å². The van der Waals surface area contributed by atoms with E-state index in [1.54, 1.807) is 0 Å². The van der Waals surface area contributed by atoms with E-state index in [4.69, 9.17) is 4.65 Å². The molecule has 6 heteroatoms. The Bertz CT molecular complexity index is 582. The van der Waals surface area contributed by atoms with Gasteiger partial charge in [0, 0.05) is 38.9 Å². The molecule has 1 aromatic carbocycles. The van der Waals surface area contributed by atoms with Crippen molar-refractivity contribution in [3.8, 4) is 0 Å². The van der Waals surface area contributed by atoms with Gasteiger partial charge in [0.15, 0.2) is 0 Å². The maximum atomic E-state index is 4.82. The Kier molecular flexibility index (Phi) is 10.7. The predicted molar refractivity (Wildman–Crippen MR) is 113 cm³/mol. The summed E-state index contributed by atoms with van der Waals surface area (Å²) in [6, 6.07) is 10.3. The van der Waals surface area contributed by atoms with Gasteiger partial charge in [-0.15, -0.1) is 5.69 Å². The third kappa shape index (κ3) is 11.2. The Hall–Kier alpha value is -0.202. The van der Waals surface area contributed by atoms with E-state index >= 15 is 0 Å². The van der Waals surface area contributed by atoms with Crippen LogP contribution in [-0.4, -0.2) is 21.5 Å². The molecule has 2 rings (SSSR count). The fourth-order valence-electron chi connectivity index (χ4n) is 2.69. The number of rotatable bonds is 5. The van der Waals surface area contributed by atoms with E-state index in [2.05, 4.69) is 87.7 Å². The number of benzene rings is 1. The molecule has 0 aliphatic carbocycles. The summed E-state index contributed by atoms with van der Waals surface area (Å²) in [4.78, 5) is 3.15. The Balaban J connectivity index is 0.000000504. The normalized spacial score (nSPS) is 11.2. The average molecular weight is 449 g/mol. The number of aromatic nitrogens is 1. The van der Waals surface area contributed by atoms with Crippen molar-refractivity contribution in [3.05, 3.63) is 63.3 Å². The molecular weight excluding hydrogens is 415 g/mol. The number of H-pyrrole nitrogens is 1. The number of hydrogen-bond acceptors (Lipinski definition) is 0. The zero-order valence-electron chi connectivity index (χ0n) is 17.1. The van der Waals surface area contributed by atoms with Gasteiger partial charge in [0.05, 0.1) is 0 Å².